The first kappa shape index (κ1) is 17.3. The van der Waals surface area contributed by atoms with Gasteiger partial charge in [-0.2, -0.15) is 9.50 Å². The molecule has 3 heterocycles. The molecule has 7 nitrogen and oxygen atoms in total. The number of para-hydroxylation sites is 1. The number of hydrogen-bond donors (Lipinski definition) is 1. The number of amides is 1. The van der Waals surface area contributed by atoms with E-state index in [0.29, 0.717) is 17.3 Å². The minimum atomic E-state index is -0.293. The number of benzene rings is 1. The molecular formula is C19H17N5O2S. The van der Waals surface area contributed by atoms with Crippen LogP contribution in [-0.4, -0.2) is 25.5 Å². The Morgan fingerprint density at radius 3 is 2.85 bits per heavy atom. The van der Waals surface area contributed by atoms with Crippen LogP contribution in [0.4, 0.5) is 5.69 Å². The SMILES string of the molecule is CCc1cc(Sc2ccccc2NC(=O)c2ccco2)n2nc(C)nc2n1. The molecule has 0 spiro atoms. The third-order valence-electron chi connectivity index (χ3n) is 3.90. The van der Waals surface area contributed by atoms with Gasteiger partial charge in [0, 0.05) is 10.6 Å². The quantitative estimate of drug-likeness (QED) is 0.528. The van der Waals surface area contributed by atoms with E-state index < -0.39 is 0 Å². The van der Waals surface area contributed by atoms with Gasteiger partial charge in [0.25, 0.3) is 11.7 Å². The van der Waals surface area contributed by atoms with Crippen molar-refractivity contribution in [2.75, 3.05) is 5.32 Å². The van der Waals surface area contributed by atoms with E-state index in [9.17, 15) is 4.79 Å². The van der Waals surface area contributed by atoms with Crippen LogP contribution in [-0.2, 0) is 6.42 Å². The van der Waals surface area contributed by atoms with E-state index in [0.717, 1.165) is 22.0 Å². The number of fused-ring (bicyclic) bond motifs is 1. The van der Waals surface area contributed by atoms with Crippen LogP contribution in [0.1, 0.15) is 29.0 Å². The van der Waals surface area contributed by atoms with Crippen LogP contribution < -0.4 is 5.32 Å². The van der Waals surface area contributed by atoms with Crippen LogP contribution in [0.3, 0.4) is 0 Å². The molecule has 3 aromatic heterocycles. The maximum Gasteiger partial charge on any atom is 0.291 e. The molecule has 136 valence electrons. The number of aryl methyl sites for hydroxylation is 2. The number of nitrogens with zero attached hydrogens (tertiary/aromatic N) is 4. The number of furan rings is 1. The van der Waals surface area contributed by atoms with E-state index in [1.54, 1.807) is 16.6 Å². The first-order chi connectivity index (χ1) is 13.1. The van der Waals surface area contributed by atoms with E-state index in [2.05, 4.69) is 20.4 Å². The van der Waals surface area contributed by atoms with Crippen molar-refractivity contribution in [3.8, 4) is 0 Å². The maximum atomic E-state index is 12.3. The minimum absolute atomic E-state index is 0.265. The Bertz CT molecular complexity index is 1100. The lowest BCUT2D eigenvalue weighted by atomic mass is 10.3. The van der Waals surface area contributed by atoms with Crippen molar-refractivity contribution in [2.24, 2.45) is 0 Å². The fourth-order valence-electron chi connectivity index (χ4n) is 2.61. The summed E-state index contributed by atoms with van der Waals surface area (Å²) in [5.74, 6) is 1.21. The monoisotopic (exact) mass is 379 g/mol. The summed E-state index contributed by atoms with van der Waals surface area (Å²) in [5.41, 5.74) is 1.64. The van der Waals surface area contributed by atoms with Gasteiger partial charge >= 0.3 is 0 Å². The lowest BCUT2D eigenvalue weighted by molar-refractivity contribution is 0.0996. The van der Waals surface area contributed by atoms with Gasteiger partial charge in [0.15, 0.2) is 5.76 Å². The molecule has 0 fully saturated rings. The fourth-order valence-corrected chi connectivity index (χ4v) is 3.61. The van der Waals surface area contributed by atoms with Crippen molar-refractivity contribution in [3.05, 3.63) is 66.0 Å². The van der Waals surface area contributed by atoms with Gasteiger partial charge < -0.3 is 9.73 Å². The van der Waals surface area contributed by atoms with E-state index in [-0.39, 0.29) is 11.7 Å². The summed E-state index contributed by atoms with van der Waals surface area (Å²) in [6.45, 7) is 3.89. The van der Waals surface area contributed by atoms with Gasteiger partial charge in [-0.05, 0) is 43.7 Å². The van der Waals surface area contributed by atoms with Crippen LogP contribution >= 0.6 is 11.8 Å². The van der Waals surface area contributed by atoms with Crippen molar-refractivity contribution in [2.45, 2.75) is 30.2 Å². The number of aromatic nitrogens is 4. The Morgan fingerprint density at radius 2 is 2.07 bits per heavy atom. The average Bonchev–Trinajstić information content (AvgIpc) is 3.32. The molecule has 0 bridgehead atoms. The van der Waals surface area contributed by atoms with E-state index in [4.69, 9.17) is 4.42 Å². The highest BCUT2D eigenvalue weighted by Gasteiger charge is 2.15. The minimum Gasteiger partial charge on any atom is -0.459 e. The van der Waals surface area contributed by atoms with Gasteiger partial charge in [-0.1, -0.05) is 30.8 Å². The number of hydrogen-bond acceptors (Lipinski definition) is 6. The highest BCUT2D eigenvalue weighted by Crippen LogP contribution is 2.34. The second kappa shape index (κ2) is 7.24. The molecule has 27 heavy (non-hydrogen) atoms. The van der Waals surface area contributed by atoms with Crippen molar-refractivity contribution >= 4 is 29.1 Å². The van der Waals surface area contributed by atoms with Gasteiger partial charge in [-0.25, -0.2) is 4.98 Å². The zero-order valence-electron chi connectivity index (χ0n) is 14.8. The molecular weight excluding hydrogens is 362 g/mol. The van der Waals surface area contributed by atoms with Crippen molar-refractivity contribution in [1.82, 2.24) is 19.6 Å². The standard InChI is InChI=1S/C19H17N5O2S/c1-3-13-11-17(24-19(21-13)20-12(2)23-24)27-16-9-5-4-7-14(16)22-18(25)15-8-6-10-26-15/h4-11H,3H2,1-2H3,(H,22,25). The van der Waals surface area contributed by atoms with Crippen LogP contribution in [0.2, 0.25) is 0 Å². The summed E-state index contributed by atoms with van der Waals surface area (Å²) in [6.07, 6.45) is 2.27. The van der Waals surface area contributed by atoms with Gasteiger partial charge in [0.2, 0.25) is 0 Å². The molecule has 0 radical (unpaired) electrons. The molecule has 8 heteroatoms. The predicted octanol–water partition coefficient (Wildman–Crippen LogP) is 3.99. The number of anilines is 1. The van der Waals surface area contributed by atoms with Crippen molar-refractivity contribution in [1.29, 1.82) is 0 Å². The molecule has 0 atom stereocenters. The summed E-state index contributed by atoms with van der Waals surface area (Å²) < 4.78 is 6.89. The fraction of sp³-hybridized carbons (Fsp3) is 0.158. The molecule has 1 amide bonds. The number of carbonyl (C=O) groups is 1. The molecule has 0 saturated carbocycles. The topological polar surface area (TPSA) is 85.3 Å². The molecule has 4 rings (SSSR count). The summed E-state index contributed by atoms with van der Waals surface area (Å²) in [4.78, 5) is 22.1. The Balaban J connectivity index is 1.69. The molecule has 0 aliphatic heterocycles. The first-order valence-electron chi connectivity index (χ1n) is 8.49. The van der Waals surface area contributed by atoms with E-state index in [1.165, 1.54) is 18.0 Å². The smallest absolute Gasteiger partial charge is 0.291 e. The Labute approximate surface area is 159 Å². The van der Waals surface area contributed by atoms with E-state index in [1.807, 2.05) is 44.2 Å². The molecule has 1 N–H and O–H groups in total. The summed E-state index contributed by atoms with van der Waals surface area (Å²) in [7, 11) is 0. The van der Waals surface area contributed by atoms with Gasteiger partial charge in [0.1, 0.15) is 10.9 Å². The normalized spacial score (nSPS) is 11.0. The second-order valence-corrected chi connectivity index (χ2v) is 6.90. The van der Waals surface area contributed by atoms with Crippen LogP contribution in [0, 0.1) is 6.92 Å². The van der Waals surface area contributed by atoms with E-state index >= 15 is 0 Å². The average molecular weight is 379 g/mol. The van der Waals surface area contributed by atoms with Crippen molar-refractivity contribution in [3.63, 3.8) is 0 Å². The van der Waals surface area contributed by atoms with Crippen LogP contribution in [0.25, 0.3) is 5.78 Å². The Hall–Kier alpha value is -3.13. The molecule has 0 saturated heterocycles. The number of nitrogens with one attached hydrogen (secondary N) is 1. The Morgan fingerprint density at radius 1 is 1.22 bits per heavy atom. The molecule has 0 unspecified atom stereocenters. The van der Waals surface area contributed by atoms with Crippen LogP contribution in [0.5, 0.6) is 0 Å². The molecule has 1 aromatic carbocycles. The van der Waals surface area contributed by atoms with Crippen LogP contribution in [0.15, 0.2) is 63.1 Å². The van der Waals surface area contributed by atoms with Gasteiger partial charge in [-0.3, -0.25) is 4.79 Å². The predicted molar refractivity (Wildman–Crippen MR) is 102 cm³/mol. The summed E-state index contributed by atoms with van der Waals surface area (Å²) in [5, 5.41) is 8.22. The second-order valence-electron chi connectivity index (χ2n) is 5.84. The van der Waals surface area contributed by atoms with Gasteiger partial charge in [0.05, 0.1) is 12.0 Å². The zero-order valence-corrected chi connectivity index (χ0v) is 15.7. The Kier molecular flexibility index (Phi) is 4.64. The summed E-state index contributed by atoms with van der Waals surface area (Å²) in [6, 6.07) is 12.9. The third-order valence-corrected chi connectivity index (χ3v) is 4.97. The molecule has 0 aliphatic rings. The number of rotatable bonds is 5. The van der Waals surface area contributed by atoms with Crippen molar-refractivity contribution < 1.29 is 9.21 Å². The lowest BCUT2D eigenvalue weighted by Crippen LogP contribution is -2.11. The largest absolute Gasteiger partial charge is 0.459 e. The number of carbonyl (C=O) groups excluding carboxylic acids is 1. The highest BCUT2D eigenvalue weighted by molar-refractivity contribution is 7.99. The highest BCUT2D eigenvalue weighted by atomic mass is 32.2. The maximum absolute atomic E-state index is 12.3. The lowest BCUT2D eigenvalue weighted by Gasteiger charge is -2.11. The first-order valence-corrected chi connectivity index (χ1v) is 9.30. The zero-order chi connectivity index (χ0) is 18.8. The molecule has 0 aliphatic carbocycles. The third kappa shape index (κ3) is 3.56. The molecule has 4 aromatic rings. The van der Waals surface area contributed by atoms with Gasteiger partial charge in [-0.15, -0.1) is 5.10 Å². The summed E-state index contributed by atoms with van der Waals surface area (Å²) >= 11 is 1.50.